The Morgan fingerprint density at radius 3 is 2.69 bits per heavy atom. The lowest BCUT2D eigenvalue weighted by atomic mass is 9.98. The van der Waals surface area contributed by atoms with Crippen LogP contribution in [-0.2, 0) is 29.1 Å². The molecule has 2 aliphatic rings. The minimum Gasteiger partial charge on any atom is -0.496 e. The lowest BCUT2D eigenvalue weighted by Crippen LogP contribution is -2.61. The quantitative estimate of drug-likeness (QED) is 0.508. The first-order valence-corrected chi connectivity index (χ1v) is 13.0. The molecular weight excluding hydrogens is 524 g/mol. The monoisotopic (exact) mass is 552 g/mol. The van der Waals surface area contributed by atoms with Gasteiger partial charge in [0.15, 0.2) is 0 Å². The fourth-order valence-electron chi connectivity index (χ4n) is 5.11. The third kappa shape index (κ3) is 4.59. The van der Waals surface area contributed by atoms with E-state index in [2.05, 4.69) is 21.2 Å². The predicted molar refractivity (Wildman–Crippen MR) is 140 cm³/mol. The number of fused-ring (bicyclic) bond motifs is 2. The molecule has 3 aromatic rings. The van der Waals surface area contributed by atoms with Crippen molar-refractivity contribution in [2.24, 2.45) is 0 Å². The summed E-state index contributed by atoms with van der Waals surface area (Å²) in [5.74, 6) is 0.768. The Balaban J connectivity index is 1.34. The second-order valence-electron chi connectivity index (χ2n) is 9.32. The molecule has 3 heterocycles. The van der Waals surface area contributed by atoms with Gasteiger partial charge in [-0.15, -0.1) is 0 Å². The molecule has 0 unspecified atom stereocenters. The summed E-state index contributed by atoms with van der Waals surface area (Å²) in [5, 5.41) is 3.81. The molecule has 8 nitrogen and oxygen atoms in total. The first kappa shape index (κ1) is 24.4. The van der Waals surface area contributed by atoms with Crippen LogP contribution in [0.15, 0.2) is 47.1 Å². The molecule has 1 fully saturated rings. The van der Waals surface area contributed by atoms with Crippen molar-refractivity contribution in [1.29, 1.82) is 0 Å². The summed E-state index contributed by atoms with van der Waals surface area (Å²) < 4.78 is 8.20. The molecule has 9 heteroatoms. The van der Waals surface area contributed by atoms with Crippen molar-refractivity contribution in [3.63, 3.8) is 0 Å². The van der Waals surface area contributed by atoms with E-state index in [1.807, 2.05) is 52.8 Å². The first-order valence-electron chi connectivity index (χ1n) is 12.2. The molecular formula is C27H29BrN4O4. The van der Waals surface area contributed by atoms with E-state index in [1.54, 1.807) is 18.2 Å². The van der Waals surface area contributed by atoms with Gasteiger partial charge < -0.3 is 24.4 Å². The van der Waals surface area contributed by atoms with Crippen LogP contribution in [0.25, 0.3) is 10.9 Å². The van der Waals surface area contributed by atoms with E-state index >= 15 is 0 Å². The van der Waals surface area contributed by atoms with Gasteiger partial charge in [0, 0.05) is 59.7 Å². The second kappa shape index (κ2) is 9.97. The van der Waals surface area contributed by atoms with Crippen molar-refractivity contribution in [2.75, 3.05) is 26.7 Å². The number of carbonyl (C=O) groups excluding carboxylic acids is 3. The van der Waals surface area contributed by atoms with E-state index in [9.17, 15) is 14.4 Å². The predicted octanol–water partition coefficient (Wildman–Crippen LogP) is 3.35. The fraction of sp³-hybridized carbons (Fsp3) is 0.370. The molecule has 188 valence electrons. The maximum atomic E-state index is 13.7. The number of methoxy groups -OCH3 is 1. The third-order valence-corrected chi connectivity index (χ3v) is 7.51. The van der Waals surface area contributed by atoms with Gasteiger partial charge in [-0.05, 0) is 36.2 Å². The number of aromatic nitrogens is 1. The minimum absolute atomic E-state index is 0.0320. The van der Waals surface area contributed by atoms with Crippen LogP contribution >= 0.6 is 15.9 Å². The number of hydrogen-bond donors (Lipinski definition) is 1. The molecule has 0 radical (unpaired) electrons. The summed E-state index contributed by atoms with van der Waals surface area (Å²) >= 11 is 3.52. The molecule has 36 heavy (non-hydrogen) atoms. The Labute approximate surface area is 218 Å². The average Bonchev–Trinajstić information content (AvgIpc) is 3.21. The molecule has 1 aromatic heterocycles. The van der Waals surface area contributed by atoms with Crippen molar-refractivity contribution < 1.29 is 19.1 Å². The van der Waals surface area contributed by atoms with Crippen LogP contribution in [0.3, 0.4) is 0 Å². The molecule has 0 bridgehead atoms. The topological polar surface area (TPSA) is 83.9 Å². The molecule has 1 N–H and O–H groups in total. The highest BCUT2D eigenvalue weighted by Gasteiger charge is 2.31. The molecule has 3 amide bonds. The van der Waals surface area contributed by atoms with Gasteiger partial charge in [-0.1, -0.05) is 35.0 Å². The number of ether oxygens (including phenoxy) is 1. The Morgan fingerprint density at radius 1 is 1.14 bits per heavy atom. The summed E-state index contributed by atoms with van der Waals surface area (Å²) in [5.41, 5.74) is 3.65. The zero-order valence-corrected chi connectivity index (χ0v) is 22.0. The number of amides is 3. The van der Waals surface area contributed by atoms with Gasteiger partial charge in [-0.25, -0.2) is 0 Å². The summed E-state index contributed by atoms with van der Waals surface area (Å²) in [4.78, 5) is 41.8. The van der Waals surface area contributed by atoms with Crippen LogP contribution in [0.1, 0.15) is 34.8 Å². The summed E-state index contributed by atoms with van der Waals surface area (Å²) in [6.07, 6.45) is 2.99. The minimum atomic E-state index is -0.138. The van der Waals surface area contributed by atoms with E-state index in [-0.39, 0.29) is 30.3 Å². The van der Waals surface area contributed by atoms with E-state index in [0.717, 1.165) is 38.7 Å². The van der Waals surface area contributed by atoms with Gasteiger partial charge in [0.2, 0.25) is 11.8 Å². The van der Waals surface area contributed by atoms with E-state index < -0.39 is 0 Å². The van der Waals surface area contributed by atoms with Crippen molar-refractivity contribution in [3.05, 3.63) is 63.8 Å². The fourth-order valence-corrected chi connectivity index (χ4v) is 5.47. The number of nitrogens with one attached hydrogen (secondary N) is 1. The van der Waals surface area contributed by atoms with Gasteiger partial charge in [0.25, 0.3) is 5.91 Å². The second-order valence-corrected chi connectivity index (χ2v) is 10.2. The average molecular weight is 553 g/mol. The number of benzene rings is 2. The van der Waals surface area contributed by atoms with E-state index in [4.69, 9.17) is 4.74 Å². The highest BCUT2D eigenvalue weighted by atomic mass is 79.9. The van der Waals surface area contributed by atoms with Crippen LogP contribution in [0.4, 0.5) is 0 Å². The Kier molecular flexibility index (Phi) is 6.75. The van der Waals surface area contributed by atoms with Gasteiger partial charge in [0.1, 0.15) is 12.3 Å². The number of nitrogens with zero attached hydrogens (tertiary/aromatic N) is 3. The van der Waals surface area contributed by atoms with Crippen LogP contribution < -0.4 is 10.1 Å². The van der Waals surface area contributed by atoms with Gasteiger partial charge >= 0.3 is 0 Å². The molecule has 1 saturated heterocycles. The van der Waals surface area contributed by atoms with Crippen molar-refractivity contribution in [1.82, 2.24) is 19.7 Å². The highest BCUT2D eigenvalue weighted by molar-refractivity contribution is 9.10. The SMILES string of the molecule is CCC(=O)N1CC(NC(=O)Cn2cc(C(=O)N3CCc4c(cccc4OC)C3)c3cc(Br)ccc32)C1. The molecule has 0 spiro atoms. The van der Waals surface area contributed by atoms with Crippen LogP contribution in [-0.4, -0.2) is 64.9 Å². The van der Waals surface area contributed by atoms with Crippen molar-refractivity contribution in [3.8, 4) is 5.75 Å². The first-order chi connectivity index (χ1) is 17.4. The molecule has 0 saturated carbocycles. The lowest BCUT2D eigenvalue weighted by molar-refractivity contribution is -0.137. The summed E-state index contributed by atoms with van der Waals surface area (Å²) in [7, 11) is 1.67. The van der Waals surface area contributed by atoms with E-state index in [0.29, 0.717) is 38.2 Å². The lowest BCUT2D eigenvalue weighted by Gasteiger charge is -2.39. The Bertz CT molecular complexity index is 1350. The number of likely N-dealkylation sites (tertiary alicyclic amines) is 1. The standard InChI is InChI=1S/C27H29BrN4O4/c1-3-26(34)32-13-19(14-32)29-25(33)16-31-15-22(21-11-18(28)7-8-23(21)31)27(35)30-10-9-20-17(12-30)5-4-6-24(20)36-2/h4-8,11,15,19H,3,9-10,12-14,16H2,1-2H3,(H,29,33). The highest BCUT2D eigenvalue weighted by Crippen LogP contribution is 2.31. The van der Waals surface area contributed by atoms with Crippen molar-refractivity contribution in [2.45, 2.75) is 38.9 Å². The maximum absolute atomic E-state index is 13.7. The molecule has 2 aliphatic heterocycles. The number of carbonyl (C=O) groups is 3. The third-order valence-electron chi connectivity index (χ3n) is 7.02. The number of halogens is 1. The van der Waals surface area contributed by atoms with Gasteiger partial charge in [-0.3, -0.25) is 14.4 Å². The molecule has 0 aliphatic carbocycles. The molecule has 0 atom stereocenters. The van der Waals surface area contributed by atoms with Crippen molar-refractivity contribution >= 4 is 44.6 Å². The Hall–Kier alpha value is -3.33. The molecule has 2 aromatic carbocycles. The normalized spacial score (nSPS) is 15.4. The van der Waals surface area contributed by atoms with Gasteiger partial charge in [0.05, 0.1) is 18.7 Å². The summed E-state index contributed by atoms with van der Waals surface area (Å²) in [6, 6.07) is 11.7. The largest absolute Gasteiger partial charge is 0.496 e. The smallest absolute Gasteiger partial charge is 0.256 e. The molecule has 5 rings (SSSR count). The zero-order valence-electron chi connectivity index (χ0n) is 20.4. The van der Waals surface area contributed by atoms with Crippen LogP contribution in [0.5, 0.6) is 5.75 Å². The number of hydrogen-bond acceptors (Lipinski definition) is 4. The number of rotatable bonds is 6. The van der Waals surface area contributed by atoms with Gasteiger partial charge in [-0.2, -0.15) is 0 Å². The van der Waals surface area contributed by atoms with Crippen LogP contribution in [0.2, 0.25) is 0 Å². The summed E-state index contributed by atoms with van der Waals surface area (Å²) in [6.45, 7) is 4.14. The Morgan fingerprint density at radius 2 is 1.94 bits per heavy atom. The zero-order chi connectivity index (χ0) is 25.4. The maximum Gasteiger partial charge on any atom is 0.256 e. The van der Waals surface area contributed by atoms with Crippen LogP contribution in [0, 0.1) is 0 Å². The van der Waals surface area contributed by atoms with E-state index in [1.165, 1.54) is 0 Å².